The van der Waals surface area contributed by atoms with Gasteiger partial charge >= 0.3 is 0 Å². The van der Waals surface area contributed by atoms with Crippen LogP contribution in [0.2, 0.25) is 0 Å². The molecule has 1 aliphatic heterocycles. The van der Waals surface area contributed by atoms with Gasteiger partial charge in [0.1, 0.15) is 16.8 Å². The van der Waals surface area contributed by atoms with Gasteiger partial charge in [0.2, 0.25) is 20.0 Å². The topological polar surface area (TPSA) is 140 Å². The van der Waals surface area contributed by atoms with Crippen LogP contribution >= 0.6 is 0 Å². The van der Waals surface area contributed by atoms with Crippen LogP contribution in [0.5, 0.6) is 0 Å². The molecule has 3 rings (SSSR count). The Morgan fingerprint density at radius 1 is 1.03 bits per heavy atom. The Labute approximate surface area is 170 Å². The predicted molar refractivity (Wildman–Crippen MR) is 110 cm³/mol. The molecule has 0 radical (unpaired) electrons. The summed E-state index contributed by atoms with van der Waals surface area (Å²) in [6.07, 6.45) is 1.24. The number of hydrogen-bond donors (Lipinski definition) is 2. The van der Waals surface area contributed by atoms with Gasteiger partial charge in [-0.3, -0.25) is 0 Å². The molecule has 0 unspecified atom stereocenters. The molecule has 0 aliphatic carbocycles. The second kappa shape index (κ2) is 8.00. The van der Waals surface area contributed by atoms with Crippen molar-refractivity contribution in [2.24, 2.45) is 5.14 Å². The zero-order chi connectivity index (χ0) is 21.2. The second-order valence-electron chi connectivity index (χ2n) is 6.42. The first-order valence-electron chi connectivity index (χ1n) is 8.66. The molecule has 1 aliphatic rings. The third-order valence-corrected chi connectivity index (χ3v) is 7.33. The van der Waals surface area contributed by atoms with Gasteiger partial charge in [-0.2, -0.15) is 4.31 Å². The number of nitrogens with zero attached hydrogens (tertiary/aromatic N) is 3. The fourth-order valence-corrected chi connectivity index (χ4v) is 5.00. The molecule has 2 aromatic rings. The molecule has 0 saturated carbocycles. The zero-order valence-electron chi connectivity index (χ0n) is 15.7. The fourth-order valence-electron chi connectivity index (χ4n) is 3.10. The summed E-state index contributed by atoms with van der Waals surface area (Å²) in [7, 11) is -7.52. The summed E-state index contributed by atoms with van der Waals surface area (Å²) in [5.41, 5.74) is 6.27. The van der Waals surface area contributed by atoms with Crippen molar-refractivity contribution in [2.75, 3.05) is 30.3 Å². The number of nitrogen functional groups attached to an aromatic ring is 1. The van der Waals surface area contributed by atoms with Crippen molar-refractivity contribution in [1.82, 2.24) is 9.29 Å². The van der Waals surface area contributed by atoms with Crippen molar-refractivity contribution in [1.29, 1.82) is 0 Å². The van der Waals surface area contributed by atoms with Crippen LogP contribution in [-0.2, 0) is 20.0 Å². The van der Waals surface area contributed by atoms with Gasteiger partial charge in [0, 0.05) is 31.5 Å². The molecule has 4 N–H and O–H groups in total. The fraction of sp³-hybridized carbons (Fsp3) is 0.278. The van der Waals surface area contributed by atoms with E-state index in [9.17, 15) is 16.8 Å². The van der Waals surface area contributed by atoms with E-state index in [0.717, 1.165) is 5.69 Å². The standard InChI is InChI=1S/C18H21N5O4S2/c1-2-3-15-13-22(29(26,27)17-8-9-18(19)21-12-17)10-11-23(15)14-4-6-16(7-5-14)28(20,24)25/h4-9,12,15H,10-11,13H2,1H3,(H2,19,21)(H2,20,24,25)/t15-/m0/s1. The lowest BCUT2D eigenvalue weighted by atomic mass is 10.1. The zero-order valence-corrected chi connectivity index (χ0v) is 17.3. The molecule has 9 nitrogen and oxygen atoms in total. The number of primary sulfonamides is 1. The Balaban J connectivity index is 1.86. The Morgan fingerprint density at radius 3 is 2.24 bits per heavy atom. The average Bonchev–Trinajstić information content (AvgIpc) is 2.68. The summed E-state index contributed by atoms with van der Waals surface area (Å²) in [5.74, 6) is 6.11. The summed E-state index contributed by atoms with van der Waals surface area (Å²) < 4.78 is 50.2. The number of aromatic nitrogens is 1. The molecule has 1 fully saturated rings. The first-order valence-corrected chi connectivity index (χ1v) is 11.6. The quantitative estimate of drug-likeness (QED) is 0.655. The van der Waals surface area contributed by atoms with E-state index in [1.807, 2.05) is 4.90 Å². The second-order valence-corrected chi connectivity index (χ2v) is 9.92. The summed E-state index contributed by atoms with van der Waals surface area (Å²) in [4.78, 5) is 5.88. The number of nitrogens with two attached hydrogens (primary N) is 2. The van der Waals surface area contributed by atoms with Crippen LogP contribution in [0.4, 0.5) is 11.5 Å². The number of anilines is 2. The maximum atomic E-state index is 12.9. The molecule has 154 valence electrons. The lowest BCUT2D eigenvalue weighted by molar-refractivity contribution is 0.360. The van der Waals surface area contributed by atoms with E-state index in [1.165, 1.54) is 34.8 Å². The molecule has 11 heteroatoms. The van der Waals surface area contributed by atoms with Gasteiger partial charge in [0.15, 0.2) is 0 Å². The smallest absolute Gasteiger partial charge is 0.244 e. The highest BCUT2D eigenvalue weighted by atomic mass is 32.2. The van der Waals surface area contributed by atoms with E-state index in [4.69, 9.17) is 10.9 Å². The molecular weight excluding hydrogens is 414 g/mol. The van der Waals surface area contributed by atoms with Gasteiger partial charge in [-0.1, -0.05) is 5.92 Å². The van der Waals surface area contributed by atoms with Crippen molar-refractivity contribution in [3.8, 4) is 11.8 Å². The number of benzene rings is 1. The summed E-state index contributed by atoms with van der Waals surface area (Å²) in [6, 6.07) is 8.59. The third kappa shape index (κ3) is 4.51. The number of piperazine rings is 1. The van der Waals surface area contributed by atoms with Gasteiger partial charge in [-0.25, -0.2) is 27.0 Å². The Morgan fingerprint density at radius 2 is 1.69 bits per heavy atom. The monoisotopic (exact) mass is 435 g/mol. The third-order valence-electron chi connectivity index (χ3n) is 4.55. The van der Waals surface area contributed by atoms with E-state index in [2.05, 4.69) is 16.8 Å². The van der Waals surface area contributed by atoms with Gasteiger partial charge in [0.05, 0.1) is 4.90 Å². The van der Waals surface area contributed by atoms with E-state index < -0.39 is 26.1 Å². The molecule has 1 saturated heterocycles. The van der Waals surface area contributed by atoms with Crippen molar-refractivity contribution >= 4 is 31.6 Å². The minimum atomic E-state index is -3.78. The lowest BCUT2D eigenvalue weighted by Gasteiger charge is -2.39. The van der Waals surface area contributed by atoms with Gasteiger partial charge in [-0.05, 0) is 43.3 Å². The minimum Gasteiger partial charge on any atom is -0.384 e. The van der Waals surface area contributed by atoms with Crippen LogP contribution in [0.1, 0.15) is 6.92 Å². The first-order chi connectivity index (χ1) is 13.6. The molecule has 1 atom stereocenters. The number of rotatable bonds is 4. The molecule has 0 bridgehead atoms. The average molecular weight is 436 g/mol. The molecule has 0 spiro atoms. The maximum absolute atomic E-state index is 12.9. The summed E-state index contributed by atoms with van der Waals surface area (Å²) in [5, 5.41) is 5.14. The number of pyridine rings is 1. The summed E-state index contributed by atoms with van der Waals surface area (Å²) in [6.45, 7) is 2.46. The van der Waals surface area contributed by atoms with E-state index >= 15 is 0 Å². The van der Waals surface area contributed by atoms with Crippen molar-refractivity contribution in [3.05, 3.63) is 42.6 Å². The highest BCUT2D eigenvalue weighted by molar-refractivity contribution is 7.89. The Bertz CT molecular complexity index is 1150. The molecule has 1 aromatic carbocycles. The summed E-state index contributed by atoms with van der Waals surface area (Å²) >= 11 is 0. The van der Waals surface area contributed by atoms with Crippen molar-refractivity contribution in [2.45, 2.75) is 22.8 Å². The largest absolute Gasteiger partial charge is 0.384 e. The molecule has 0 amide bonds. The van der Waals surface area contributed by atoms with E-state index in [-0.39, 0.29) is 28.7 Å². The predicted octanol–water partition coefficient (Wildman–Crippen LogP) is 0.214. The SMILES string of the molecule is CC#C[C@H]1CN(S(=O)(=O)c2ccc(N)nc2)CCN1c1ccc(S(N)(=O)=O)cc1. The molecule has 1 aromatic heterocycles. The van der Waals surface area contributed by atoms with Crippen LogP contribution in [-0.4, -0.2) is 51.8 Å². The van der Waals surface area contributed by atoms with Gasteiger partial charge in [0.25, 0.3) is 0 Å². The molecule has 29 heavy (non-hydrogen) atoms. The van der Waals surface area contributed by atoms with Crippen LogP contribution in [0.25, 0.3) is 0 Å². The normalized spacial score (nSPS) is 18.1. The van der Waals surface area contributed by atoms with E-state index in [0.29, 0.717) is 6.54 Å². The number of sulfonamides is 2. The van der Waals surface area contributed by atoms with Crippen molar-refractivity contribution < 1.29 is 16.8 Å². The highest BCUT2D eigenvalue weighted by Gasteiger charge is 2.34. The lowest BCUT2D eigenvalue weighted by Crippen LogP contribution is -2.54. The minimum absolute atomic E-state index is 0.0106. The number of hydrogen-bond acceptors (Lipinski definition) is 7. The van der Waals surface area contributed by atoms with Crippen LogP contribution in [0, 0.1) is 11.8 Å². The first kappa shape index (κ1) is 21.1. The van der Waals surface area contributed by atoms with Crippen LogP contribution in [0.3, 0.4) is 0 Å². The molecule has 2 heterocycles. The van der Waals surface area contributed by atoms with Crippen LogP contribution < -0.4 is 15.8 Å². The Kier molecular flexibility index (Phi) is 5.81. The van der Waals surface area contributed by atoms with Crippen molar-refractivity contribution in [3.63, 3.8) is 0 Å². The van der Waals surface area contributed by atoms with Gasteiger partial charge < -0.3 is 10.6 Å². The highest BCUT2D eigenvalue weighted by Crippen LogP contribution is 2.25. The van der Waals surface area contributed by atoms with E-state index in [1.54, 1.807) is 19.1 Å². The van der Waals surface area contributed by atoms with Gasteiger partial charge in [-0.15, -0.1) is 5.92 Å². The maximum Gasteiger partial charge on any atom is 0.244 e. The van der Waals surface area contributed by atoms with Crippen LogP contribution in [0.15, 0.2) is 52.4 Å². The molecular formula is C18H21N5O4S2. The Hall–Kier alpha value is -2.65.